The number of hydrogen-bond donors (Lipinski definition) is 1. The second-order valence-electron chi connectivity index (χ2n) is 3.72. The maximum Gasteiger partial charge on any atom is 0.313 e. The fourth-order valence-corrected chi connectivity index (χ4v) is 2.34. The van der Waals surface area contributed by atoms with Gasteiger partial charge < -0.3 is 9.67 Å². The molecule has 0 atom stereocenters. The van der Waals surface area contributed by atoms with Crippen LogP contribution in [0.25, 0.3) is 0 Å². The van der Waals surface area contributed by atoms with Crippen LogP contribution >= 0.6 is 11.8 Å². The van der Waals surface area contributed by atoms with E-state index < -0.39 is 5.97 Å². The molecule has 2 rings (SSSR count). The van der Waals surface area contributed by atoms with Crippen molar-refractivity contribution in [2.45, 2.75) is 30.5 Å². The topological polar surface area (TPSA) is 72.2 Å². The molecule has 1 saturated carbocycles. The Morgan fingerprint density at radius 1 is 1.62 bits per heavy atom. The van der Waals surface area contributed by atoms with E-state index >= 15 is 0 Å². The third-order valence-corrected chi connectivity index (χ3v) is 3.55. The summed E-state index contributed by atoms with van der Waals surface area (Å²) in [5.74, 6) is -0.966. The lowest BCUT2D eigenvalue weighted by molar-refractivity contribution is -0.133. The van der Waals surface area contributed by atoms with Crippen LogP contribution in [0.4, 0.5) is 0 Å². The predicted molar refractivity (Wildman–Crippen MR) is 59.7 cm³/mol. The molecule has 1 aliphatic carbocycles. The van der Waals surface area contributed by atoms with Gasteiger partial charge in [-0.15, -0.1) is 0 Å². The largest absolute Gasteiger partial charge is 0.481 e. The molecule has 1 aromatic rings. The molecule has 5 nitrogen and oxygen atoms in total. The molecule has 6 heteroatoms. The Hall–Kier alpha value is -1.30. The highest BCUT2D eigenvalue weighted by Gasteiger charge is 2.21. The van der Waals surface area contributed by atoms with Gasteiger partial charge in [0.15, 0.2) is 5.16 Å². The number of hydrogen-bond acceptors (Lipinski definition) is 4. The average molecular weight is 240 g/mol. The van der Waals surface area contributed by atoms with Crippen LogP contribution in [0.5, 0.6) is 0 Å². The van der Waals surface area contributed by atoms with Crippen molar-refractivity contribution in [3.63, 3.8) is 0 Å². The summed E-state index contributed by atoms with van der Waals surface area (Å²) in [4.78, 5) is 25.5. The number of nitrogens with zero attached hydrogens (tertiary/aromatic N) is 2. The summed E-state index contributed by atoms with van der Waals surface area (Å²) in [6.45, 7) is 0. The van der Waals surface area contributed by atoms with Crippen molar-refractivity contribution >= 4 is 17.7 Å². The zero-order valence-electron chi connectivity index (χ0n) is 8.63. The Kier molecular flexibility index (Phi) is 3.28. The van der Waals surface area contributed by atoms with Gasteiger partial charge in [0.05, 0.1) is 5.75 Å². The summed E-state index contributed by atoms with van der Waals surface area (Å²) in [7, 11) is 0. The minimum Gasteiger partial charge on any atom is -0.481 e. The summed E-state index contributed by atoms with van der Waals surface area (Å²) in [6.07, 6.45) is 5.04. The lowest BCUT2D eigenvalue weighted by atomic mass is 9.93. The number of carbonyl (C=O) groups is 1. The van der Waals surface area contributed by atoms with Crippen molar-refractivity contribution in [1.82, 2.24) is 9.55 Å². The SMILES string of the molecule is O=C(O)CSc1nc(=O)ccn1C1CCC1. The number of thioether (sulfide) groups is 1. The van der Waals surface area contributed by atoms with Crippen molar-refractivity contribution in [1.29, 1.82) is 0 Å². The van der Waals surface area contributed by atoms with Gasteiger partial charge in [0.1, 0.15) is 0 Å². The predicted octanol–water partition coefficient (Wildman–Crippen LogP) is 1.15. The first-order valence-corrected chi connectivity index (χ1v) is 6.09. The Morgan fingerprint density at radius 2 is 2.38 bits per heavy atom. The molecule has 1 aliphatic rings. The molecule has 1 fully saturated rings. The normalized spacial score (nSPS) is 15.8. The summed E-state index contributed by atoms with van der Waals surface area (Å²) in [5, 5.41) is 9.12. The van der Waals surface area contributed by atoms with Crippen molar-refractivity contribution in [2.24, 2.45) is 0 Å². The van der Waals surface area contributed by atoms with Gasteiger partial charge in [0, 0.05) is 18.3 Å². The van der Waals surface area contributed by atoms with Crippen molar-refractivity contribution in [2.75, 3.05) is 5.75 Å². The van der Waals surface area contributed by atoms with Crippen LogP contribution in [0.15, 0.2) is 22.2 Å². The molecule has 86 valence electrons. The Balaban J connectivity index is 2.21. The lowest BCUT2D eigenvalue weighted by Crippen LogP contribution is -2.22. The van der Waals surface area contributed by atoms with Gasteiger partial charge in [0.2, 0.25) is 0 Å². The first kappa shape index (κ1) is 11.2. The number of aromatic nitrogens is 2. The molecule has 0 spiro atoms. The van der Waals surface area contributed by atoms with E-state index in [-0.39, 0.29) is 11.3 Å². The lowest BCUT2D eigenvalue weighted by Gasteiger charge is -2.29. The minimum atomic E-state index is -0.900. The van der Waals surface area contributed by atoms with Crippen LogP contribution in [-0.2, 0) is 4.79 Å². The monoisotopic (exact) mass is 240 g/mol. The first-order valence-electron chi connectivity index (χ1n) is 5.10. The van der Waals surface area contributed by atoms with E-state index in [1.165, 1.54) is 12.5 Å². The molecule has 1 heterocycles. The van der Waals surface area contributed by atoms with Gasteiger partial charge in [-0.1, -0.05) is 11.8 Å². The van der Waals surface area contributed by atoms with Gasteiger partial charge in [-0.3, -0.25) is 9.59 Å². The van der Waals surface area contributed by atoms with Gasteiger partial charge in [-0.25, -0.2) is 0 Å². The standard InChI is InChI=1S/C10H12N2O3S/c13-8-4-5-12(7-2-1-3-7)10(11-8)16-6-9(14)15/h4-5,7H,1-3,6H2,(H,14,15). The van der Waals surface area contributed by atoms with Crippen LogP contribution in [-0.4, -0.2) is 26.4 Å². The summed E-state index contributed by atoms with van der Waals surface area (Å²) >= 11 is 1.10. The molecule has 16 heavy (non-hydrogen) atoms. The maximum absolute atomic E-state index is 11.1. The van der Waals surface area contributed by atoms with Crippen molar-refractivity contribution in [3.05, 3.63) is 22.6 Å². The van der Waals surface area contributed by atoms with E-state index in [2.05, 4.69) is 4.98 Å². The van der Waals surface area contributed by atoms with Crippen LogP contribution in [0.1, 0.15) is 25.3 Å². The van der Waals surface area contributed by atoms with E-state index in [0.717, 1.165) is 24.6 Å². The second-order valence-corrected chi connectivity index (χ2v) is 4.67. The molecule has 0 radical (unpaired) electrons. The summed E-state index contributed by atoms with van der Waals surface area (Å²) in [5.41, 5.74) is -0.316. The molecule has 0 unspecified atom stereocenters. The van der Waals surface area contributed by atoms with E-state index in [1.54, 1.807) is 6.20 Å². The number of carboxylic acid groups (broad SMARTS) is 1. The third-order valence-electron chi connectivity index (χ3n) is 2.60. The molecule has 1 N–H and O–H groups in total. The van der Waals surface area contributed by atoms with Crippen LogP contribution < -0.4 is 5.56 Å². The molecule has 0 aromatic carbocycles. The van der Waals surface area contributed by atoms with E-state index in [4.69, 9.17) is 5.11 Å². The Morgan fingerprint density at radius 3 is 2.94 bits per heavy atom. The molecular weight excluding hydrogens is 228 g/mol. The van der Waals surface area contributed by atoms with E-state index in [0.29, 0.717) is 11.2 Å². The van der Waals surface area contributed by atoms with Crippen LogP contribution in [0.3, 0.4) is 0 Å². The molecule has 1 aromatic heterocycles. The van der Waals surface area contributed by atoms with Gasteiger partial charge in [-0.05, 0) is 19.3 Å². The second kappa shape index (κ2) is 4.69. The molecule has 0 aliphatic heterocycles. The fourth-order valence-electron chi connectivity index (χ4n) is 1.57. The molecule has 0 saturated heterocycles. The minimum absolute atomic E-state index is 0.0663. The molecule has 0 bridgehead atoms. The average Bonchev–Trinajstić information content (AvgIpc) is 2.15. The number of aliphatic carboxylic acids is 1. The number of carboxylic acids is 1. The zero-order chi connectivity index (χ0) is 11.5. The van der Waals surface area contributed by atoms with Crippen molar-refractivity contribution in [3.8, 4) is 0 Å². The first-order chi connectivity index (χ1) is 7.66. The van der Waals surface area contributed by atoms with E-state index in [9.17, 15) is 9.59 Å². The highest BCUT2D eigenvalue weighted by Crippen LogP contribution is 2.33. The zero-order valence-corrected chi connectivity index (χ0v) is 9.44. The maximum atomic E-state index is 11.1. The molecule has 0 amide bonds. The molecular formula is C10H12N2O3S. The van der Waals surface area contributed by atoms with Crippen LogP contribution in [0, 0.1) is 0 Å². The quantitative estimate of drug-likeness (QED) is 0.631. The highest BCUT2D eigenvalue weighted by molar-refractivity contribution is 7.99. The fraction of sp³-hybridized carbons (Fsp3) is 0.500. The van der Waals surface area contributed by atoms with Gasteiger partial charge in [-0.2, -0.15) is 4.98 Å². The Bertz CT molecular complexity index is 454. The third kappa shape index (κ3) is 2.44. The summed E-state index contributed by atoms with van der Waals surface area (Å²) < 4.78 is 1.92. The van der Waals surface area contributed by atoms with Gasteiger partial charge in [0.25, 0.3) is 5.56 Å². The number of rotatable bonds is 4. The highest BCUT2D eigenvalue weighted by atomic mass is 32.2. The van der Waals surface area contributed by atoms with Gasteiger partial charge >= 0.3 is 5.97 Å². The van der Waals surface area contributed by atoms with E-state index in [1.807, 2.05) is 4.57 Å². The smallest absolute Gasteiger partial charge is 0.313 e. The summed E-state index contributed by atoms with van der Waals surface area (Å²) in [6, 6.07) is 1.80. The Labute approximate surface area is 96.5 Å². The van der Waals surface area contributed by atoms with Crippen LogP contribution in [0.2, 0.25) is 0 Å². The van der Waals surface area contributed by atoms with Crippen molar-refractivity contribution < 1.29 is 9.90 Å².